The molecule has 100 valence electrons. The van der Waals surface area contributed by atoms with Crippen molar-refractivity contribution < 1.29 is 4.79 Å². The number of likely N-dealkylation sites (tertiary alicyclic amines) is 1. The first kappa shape index (κ1) is 11.8. The van der Waals surface area contributed by atoms with Crippen LogP contribution in [0.4, 0.5) is 10.5 Å². The lowest BCUT2D eigenvalue weighted by atomic mass is 10.0. The maximum atomic E-state index is 11.1. The molecule has 19 heavy (non-hydrogen) atoms. The molecule has 2 heterocycles. The van der Waals surface area contributed by atoms with Gasteiger partial charge in [-0.15, -0.1) is 0 Å². The van der Waals surface area contributed by atoms with Crippen molar-refractivity contribution in [2.45, 2.75) is 18.9 Å². The Balaban J connectivity index is 1.69. The number of nitrogens with one attached hydrogen (secondary N) is 2. The highest BCUT2D eigenvalue weighted by molar-refractivity contribution is 5.90. The Bertz CT molecular complexity index is 585. The number of urea groups is 1. The third-order valence-corrected chi connectivity index (χ3v) is 3.64. The zero-order valence-corrected chi connectivity index (χ0v) is 10.6. The third-order valence-electron chi connectivity index (χ3n) is 3.64. The van der Waals surface area contributed by atoms with Crippen molar-refractivity contribution in [3.05, 3.63) is 24.4 Å². The molecule has 0 bridgehead atoms. The first-order valence-electron chi connectivity index (χ1n) is 6.47. The van der Waals surface area contributed by atoms with E-state index in [-0.39, 0.29) is 6.03 Å². The molecule has 1 aromatic heterocycles. The number of benzene rings is 1. The molecule has 0 atom stereocenters. The summed E-state index contributed by atoms with van der Waals surface area (Å²) < 4.78 is 0. The lowest BCUT2D eigenvalue weighted by Gasteiger charge is -2.31. The minimum absolute atomic E-state index is 0.325. The van der Waals surface area contributed by atoms with E-state index in [1.807, 2.05) is 24.4 Å². The Labute approximate surface area is 111 Å². The Morgan fingerprint density at radius 3 is 2.95 bits per heavy atom. The topological polar surface area (TPSA) is 87.0 Å². The Morgan fingerprint density at radius 1 is 1.42 bits per heavy atom. The van der Waals surface area contributed by atoms with Crippen LogP contribution in [0.3, 0.4) is 0 Å². The second-order valence-corrected chi connectivity index (χ2v) is 4.88. The number of nitrogens with two attached hydrogens (primary N) is 1. The van der Waals surface area contributed by atoms with E-state index in [2.05, 4.69) is 15.5 Å². The Morgan fingerprint density at radius 2 is 2.21 bits per heavy atom. The summed E-state index contributed by atoms with van der Waals surface area (Å²) in [6, 6.07) is 6.12. The van der Waals surface area contributed by atoms with Crippen LogP contribution in [0, 0.1) is 0 Å². The van der Waals surface area contributed by atoms with Crippen molar-refractivity contribution in [3.63, 3.8) is 0 Å². The van der Waals surface area contributed by atoms with Gasteiger partial charge in [0, 0.05) is 24.5 Å². The summed E-state index contributed by atoms with van der Waals surface area (Å²) in [5.74, 6) is 0. The minimum Gasteiger partial charge on any atom is -0.380 e. The molecule has 0 aliphatic carbocycles. The quantitative estimate of drug-likeness (QED) is 0.764. The Kier molecular flexibility index (Phi) is 2.98. The minimum atomic E-state index is -0.325. The standard InChI is InChI=1S/C13H17N5O/c14-13(19)18-6-4-10(5-7-18)16-11-3-1-2-9-8-15-17-12(9)11/h1-3,8,10,16H,4-7H2,(H2,14,19)(H,15,17). The van der Waals surface area contributed by atoms with E-state index in [0.29, 0.717) is 19.1 Å². The fourth-order valence-electron chi connectivity index (χ4n) is 2.55. The zero-order valence-electron chi connectivity index (χ0n) is 10.6. The van der Waals surface area contributed by atoms with Gasteiger partial charge in [0.2, 0.25) is 0 Å². The van der Waals surface area contributed by atoms with Crippen molar-refractivity contribution in [3.8, 4) is 0 Å². The highest BCUT2D eigenvalue weighted by atomic mass is 16.2. The average Bonchev–Trinajstić information content (AvgIpc) is 2.89. The largest absolute Gasteiger partial charge is 0.380 e. The van der Waals surface area contributed by atoms with Gasteiger partial charge in [-0.25, -0.2) is 4.79 Å². The maximum Gasteiger partial charge on any atom is 0.314 e. The van der Waals surface area contributed by atoms with Gasteiger partial charge in [0.25, 0.3) is 0 Å². The molecule has 1 fully saturated rings. The molecule has 1 saturated heterocycles. The van der Waals surface area contributed by atoms with Crippen molar-refractivity contribution in [2.24, 2.45) is 5.73 Å². The molecule has 2 amide bonds. The number of aromatic nitrogens is 2. The first-order chi connectivity index (χ1) is 9.24. The molecule has 1 aliphatic heterocycles. The highest BCUT2D eigenvalue weighted by Crippen LogP contribution is 2.23. The lowest BCUT2D eigenvalue weighted by molar-refractivity contribution is 0.193. The van der Waals surface area contributed by atoms with Crippen LogP contribution in [-0.4, -0.2) is 40.3 Å². The summed E-state index contributed by atoms with van der Waals surface area (Å²) in [4.78, 5) is 12.8. The van der Waals surface area contributed by atoms with Gasteiger partial charge < -0.3 is 16.0 Å². The molecule has 1 aromatic carbocycles. The van der Waals surface area contributed by atoms with Crippen LogP contribution in [0.1, 0.15) is 12.8 Å². The second-order valence-electron chi connectivity index (χ2n) is 4.88. The van der Waals surface area contributed by atoms with Gasteiger partial charge in [0.05, 0.1) is 17.4 Å². The van der Waals surface area contributed by atoms with E-state index in [1.54, 1.807) is 4.90 Å². The number of para-hydroxylation sites is 1. The average molecular weight is 259 g/mol. The van der Waals surface area contributed by atoms with Crippen molar-refractivity contribution in [1.82, 2.24) is 15.1 Å². The summed E-state index contributed by atoms with van der Waals surface area (Å²) in [7, 11) is 0. The highest BCUT2D eigenvalue weighted by Gasteiger charge is 2.21. The zero-order chi connectivity index (χ0) is 13.2. The van der Waals surface area contributed by atoms with Crippen LogP contribution in [-0.2, 0) is 0 Å². The number of nitrogens with zero attached hydrogens (tertiary/aromatic N) is 2. The van der Waals surface area contributed by atoms with E-state index < -0.39 is 0 Å². The number of amides is 2. The van der Waals surface area contributed by atoms with Gasteiger partial charge in [-0.05, 0) is 18.9 Å². The molecule has 3 rings (SSSR count). The van der Waals surface area contributed by atoms with Crippen molar-refractivity contribution in [2.75, 3.05) is 18.4 Å². The van der Waals surface area contributed by atoms with Gasteiger partial charge in [-0.2, -0.15) is 5.10 Å². The first-order valence-corrected chi connectivity index (χ1v) is 6.47. The summed E-state index contributed by atoms with van der Waals surface area (Å²) >= 11 is 0. The van der Waals surface area contributed by atoms with Crippen LogP contribution in [0.5, 0.6) is 0 Å². The van der Waals surface area contributed by atoms with Crippen molar-refractivity contribution >= 4 is 22.6 Å². The number of primary amides is 1. The summed E-state index contributed by atoms with van der Waals surface area (Å²) in [5, 5.41) is 11.7. The second kappa shape index (κ2) is 4.79. The van der Waals surface area contributed by atoms with Crippen LogP contribution in [0.2, 0.25) is 0 Å². The normalized spacial score (nSPS) is 16.7. The van der Waals surface area contributed by atoms with Crippen LogP contribution < -0.4 is 11.1 Å². The number of anilines is 1. The number of fused-ring (bicyclic) bond motifs is 1. The van der Waals surface area contributed by atoms with Gasteiger partial charge in [0.15, 0.2) is 0 Å². The molecule has 0 radical (unpaired) electrons. The maximum absolute atomic E-state index is 11.1. The van der Waals surface area contributed by atoms with Gasteiger partial charge >= 0.3 is 6.03 Å². The fourth-order valence-corrected chi connectivity index (χ4v) is 2.55. The monoisotopic (exact) mass is 259 g/mol. The number of hydrogen-bond acceptors (Lipinski definition) is 3. The van der Waals surface area contributed by atoms with Crippen LogP contribution in [0.15, 0.2) is 24.4 Å². The van der Waals surface area contributed by atoms with E-state index in [0.717, 1.165) is 29.4 Å². The number of aromatic amines is 1. The van der Waals surface area contributed by atoms with E-state index in [9.17, 15) is 4.79 Å². The molecule has 0 unspecified atom stereocenters. The fraction of sp³-hybridized carbons (Fsp3) is 0.385. The molecular formula is C13H17N5O. The molecule has 0 saturated carbocycles. The van der Waals surface area contributed by atoms with Crippen LogP contribution in [0.25, 0.3) is 10.9 Å². The van der Waals surface area contributed by atoms with Crippen molar-refractivity contribution in [1.29, 1.82) is 0 Å². The van der Waals surface area contributed by atoms with E-state index in [1.165, 1.54) is 0 Å². The number of carbonyl (C=O) groups excluding carboxylic acids is 1. The number of rotatable bonds is 2. The summed E-state index contributed by atoms with van der Waals surface area (Å²) in [6.45, 7) is 1.43. The summed E-state index contributed by atoms with van der Waals surface area (Å²) in [5.41, 5.74) is 7.37. The summed E-state index contributed by atoms with van der Waals surface area (Å²) in [6.07, 6.45) is 3.64. The number of piperidine rings is 1. The molecule has 2 aromatic rings. The van der Waals surface area contributed by atoms with E-state index in [4.69, 9.17) is 5.73 Å². The molecule has 4 N–H and O–H groups in total. The predicted octanol–water partition coefficient (Wildman–Crippen LogP) is 1.52. The molecule has 0 spiro atoms. The van der Waals surface area contributed by atoms with Gasteiger partial charge in [0.1, 0.15) is 0 Å². The predicted molar refractivity (Wildman–Crippen MR) is 73.9 cm³/mol. The molecular weight excluding hydrogens is 242 g/mol. The lowest BCUT2D eigenvalue weighted by Crippen LogP contribution is -2.44. The smallest absolute Gasteiger partial charge is 0.314 e. The van der Waals surface area contributed by atoms with E-state index >= 15 is 0 Å². The van der Waals surface area contributed by atoms with Gasteiger partial charge in [-0.3, -0.25) is 5.10 Å². The SMILES string of the molecule is NC(=O)N1CCC(Nc2cccc3cn[nH]c23)CC1. The number of H-pyrrole nitrogens is 1. The van der Waals surface area contributed by atoms with Crippen LogP contribution >= 0.6 is 0 Å². The number of hydrogen-bond donors (Lipinski definition) is 3. The number of carbonyl (C=O) groups is 1. The third kappa shape index (κ3) is 2.33. The molecule has 6 heteroatoms. The molecule has 6 nitrogen and oxygen atoms in total. The molecule has 1 aliphatic rings. The van der Waals surface area contributed by atoms with Gasteiger partial charge in [-0.1, -0.05) is 12.1 Å². The Hall–Kier alpha value is -2.24.